The summed E-state index contributed by atoms with van der Waals surface area (Å²) in [5.74, 6) is -0.406. The summed E-state index contributed by atoms with van der Waals surface area (Å²) in [6.07, 6.45) is 1.67. The van der Waals surface area contributed by atoms with Crippen LogP contribution in [0.15, 0.2) is 133 Å². The first kappa shape index (κ1) is 23.5. The minimum absolute atomic E-state index is 0.0636. The fourth-order valence-electron chi connectivity index (χ4n) is 3.96. The Kier molecular flexibility index (Phi) is 8.08. The van der Waals surface area contributed by atoms with Gasteiger partial charge in [0.15, 0.2) is 0 Å². The average molecular weight is 458 g/mol. The van der Waals surface area contributed by atoms with Gasteiger partial charge in [-0.25, -0.2) is 0 Å². The van der Waals surface area contributed by atoms with Gasteiger partial charge in [-0.3, -0.25) is 4.79 Å². The monoisotopic (exact) mass is 457 g/mol. The summed E-state index contributed by atoms with van der Waals surface area (Å²) in [5, 5.41) is 13.0. The largest absolute Gasteiger partial charge is 0.367 e. The first-order valence-electron chi connectivity index (χ1n) is 11.6. The van der Waals surface area contributed by atoms with Crippen LogP contribution in [0.2, 0.25) is 0 Å². The number of amides is 1. The standard InChI is InChI=1S/C31H27N3O/c32-21-29(24-34(22-25-13-5-1-6-14-25)23-26-15-7-2-8-16-26)31(35)33-30(27-17-9-3-10-18-27)28-19-11-4-12-20-28/h1-20,24,30H,22-23H2,(H,33,35)/b29-24-. The smallest absolute Gasteiger partial charge is 0.264 e. The quantitative estimate of drug-likeness (QED) is 0.248. The van der Waals surface area contributed by atoms with Crippen molar-refractivity contribution in [2.45, 2.75) is 19.1 Å². The fourth-order valence-corrected chi connectivity index (χ4v) is 3.96. The summed E-state index contributed by atoms with van der Waals surface area (Å²) in [6, 6.07) is 41.4. The summed E-state index contributed by atoms with van der Waals surface area (Å²) < 4.78 is 0. The highest BCUT2D eigenvalue weighted by atomic mass is 16.1. The van der Waals surface area contributed by atoms with Crippen LogP contribution >= 0.6 is 0 Å². The molecule has 35 heavy (non-hydrogen) atoms. The highest BCUT2D eigenvalue weighted by molar-refractivity contribution is 5.97. The first-order chi connectivity index (χ1) is 17.2. The third-order valence-corrected chi connectivity index (χ3v) is 5.67. The van der Waals surface area contributed by atoms with Crippen LogP contribution in [0.1, 0.15) is 28.3 Å². The van der Waals surface area contributed by atoms with Crippen LogP contribution in [0.3, 0.4) is 0 Å². The van der Waals surface area contributed by atoms with E-state index < -0.39 is 5.91 Å². The second kappa shape index (κ2) is 12.0. The molecule has 4 aromatic rings. The predicted octanol–water partition coefficient (Wildman–Crippen LogP) is 6.00. The molecule has 0 aromatic heterocycles. The van der Waals surface area contributed by atoms with E-state index in [-0.39, 0.29) is 11.6 Å². The maximum atomic E-state index is 13.3. The van der Waals surface area contributed by atoms with E-state index in [2.05, 4.69) is 11.4 Å². The van der Waals surface area contributed by atoms with Gasteiger partial charge in [-0.15, -0.1) is 0 Å². The molecule has 0 saturated carbocycles. The van der Waals surface area contributed by atoms with E-state index in [4.69, 9.17) is 0 Å². The minimum Gasteiger partial charge on any atom is -0.367 e. The predicted molar refractivity (Wildman–Crippen MR) is 139 cm³/mol. The van der Waals surface area contributed by atoms with Crippen molar-refractivity contribution in [2.75, 3.05) is 0 Å². The topological polar surface area (TPSA) is 56.1 Å². The van der Waals surface area contributed by atoms with Crippen LogP contribution in [-0.4, -0.2) is 10.8 Å². The summed E-state index contributed by atoms with van der Waals surface area (Å²) in [5.41, 5.74) is 4.17. The van der Waals surface area contributed by atoms with Crippen molar-refractivity contribution < 1.29 is 4.79 Å². The maximum absolute atomic E-state index is 13.3. The zero-order chi connectivity index (χ0) is 24.3. The third kappa shape index (κ3) is 6.69. The highest BCUT2D eigenvalue weighted by Gasteiger charge is 2.20. The minimum atomic E-state index is -0.406. The van der Waals surface area contributed by atoms with E-state index >= 15 is 0 Å². The Bertz CT molecular complexity index is 1200. The van der Waals surface area contributed by atoms with Crippen molar-refractivity contribution in [1.29, 1.82) is 5.26 Å². The Morgan fingerprint density at radius 2 is 1.11 bits per heavy atom. The van der Waals surface area contributed by atoms with Crippen molar-refractivity contribution in [3.05, 3.63) is 155 Å². The number of carbonyl (C=O) groups excluding carboxylic acids is 1. The number of hydrogen-bond donors (Lipinski definition) is 1. The molecule has 172 valence electrons. The lowest BCUT2D eigenvalue weighted by molar-refractivity contribution is -0.117. The molecule has 0 spiro atoms. The molecular weight excluding hydrogens is 430 g/mol. The normalized spacial score (nSPS) is 11.0. The summed E-state index contributed by atoms with van der Waals surface area (Å²) >= 11 is 0. The third-order valence-electron chi connectivity index (χ3n) is 5.67. The fraction of sp³-hybridized carbons (Fsp3) is 0.0968. The van der Waals surface area contributed by atoms with Crippen LogP contribution in [0, 0.1) is 11.3 Å². The van der Waals surface area contributed by atoms with Crippen LogP contribution in [0.25, 0.3) is 0 Å². The van der Waals surface area contributed by atoms with Crippen molar-refractivity contribution >= 4 is 5.91 Å². The second-order valence-electron chi connectivity index (χ2n) is 8.26. The summed E-state index contributed by atoms with van der Waals surface area (Å²) in [7, 11) is 0. The Balaban J connectivity index is 1.61. The van der Waals surface area contributed by atoms with Gasteiger partial charge in [0.2, 0.25) is 0 Å². The maximum Gasteiger partial charge on any atom is 0.264 e. The Hall–Kier alpha value is -4.62. The van der Waals surface area contributed by atoms with Crippen molar-refractivity contribution in [1.82, 2.24) is 10.2 Å². The molecule has 4 nitrogen and oxygen atoms in total. The number of hydrogen-bond acceptors (Lipinski definition) is 3. The van der Waals surface area contributed by atoms with Gasteiger partial charge >= 0.3 is 0 Å². The first-order valence-corrected chi connectivity index (χ1v) is 11.6. The van der Waals surface area contributed by atoms with Crippen LogP contribution in [0.4, 0.5) is 0 Å². The molecule has 4 heteroatoms. The molecule has 0 aliphatic rings. The summed E-state index contributed by atoms with van der Waals surface area (Å²) in [4.78, 5) is 15.3. The molecule has 0 bridgehead atoms. The molecule has 0 saturated heterocycles. The molecule has 4 aromatic carbocycles. The van der Waals surface area contributed by atoms with Gasteiger partial charge in [0.05, 0.1) is 6.04 Å². The van der Waals surface area contributed by atoms with E-state index in [1.165, 1.54) is 0 Å². The van der Waals surface area contributed by atoms with Crippen LogP contribution < -0.4 is 5.32 Å². The SMILES string of the molecule is N#C/C(=C/N(Cc1ccccc1)Cc1ccccc1)C(=O)NC(c1ccccc1)c1ccccc1. The van der Waals surface area contributed by atoms with Gasteiger partial charge < -0.3 is 10.2 Å². The summed E-state index contributed by atoms with van der Waals surface area (Å²) in [6.45, 7) is 1.16. The van der Waals surface area contributed by atoms with Gasteiger partial charge in [0.1, 0.15) is 11.6 Å². The van der Waals surface area contributed by atoms with E-state index in [1.807, 2.05) is 126 Å². The zero-order valence-electron chi connectivity index (χ0n) is 19.4. The highest BCUT2D eigenvalue weighted by Crippen LogP contribution is 2.22. The van der Waals surface area contributed by atoms with E-state index in [9.17, 15) is 10.1 Å². The van der Waals surface area contributed by atoms with Crippen molar-refractivity contribution in [2.24, 2.45) is 0 Å². The second-order valence-corrected chi connectivity index (χ2v) is 8.26. The van der Waals surface area contributed by atoms with Gasteiger partial charge in [-0.2, -0.15) is 5.26 Å². The molecule has 0 aliphatic heterocycles. The Morgan fingerprint density at radius 3 is 1.51 bits per heavy atom. The van der Waals surface area contributed by atoms with Crippen molar-refractivity contribution in [3.8, 4) is 6.07 Å². The molecule has 4 rings (SSSR count). The van der Waals surface area contributed by atoms with E-state index in [0.29, 0.717) is 13.1 Å². The Labute approximate surface area is 206 Å². The Morgan fingerprint density at radius 1 is 0.714 bits per heavy atom. The molecule has 0 unspecified atom stereocenters. The lowest BCUT2D eigenvalue weighted by atomic mass is 9.98. The number of nitriles is 1. The molecule has 1 amide bonds. The molecule has 0 aliphatic carbocycles. The van der Waals surface area contributed by atoms with Gasteiger partial charge in [-0.1, -0.05) is 121 Å². The van der Waals surface area contributed by atoms with Gasteiger partial charge in [0.25, 0.3) is 5.91 Å². The molecule has 0 radical (unpaired) electrons. The van der Waals surface area contributed by atoms with Crippen molar-refractivity contribution in [3.63, 3.8) is 0 Å². The molecule has 0 heterocycles. The number of carbonyl (C=O) groups is 1. The van der Waals surface area contributed by atoms with Gasteiger partial charge in [-0.05, 0) is 22.3 Å². The van der Waals surface area contributed by atoms with Crippen LogP contribution in [-0.2, 0) is 17.9 Å². The molecule has 0 fully saturated rings. The zero-order valence-corrected chi connectivity index (χ0v) is 19.4. The number of rotatable bonds is 9. The van der Waals surface area contributed by atoms with Crippen LogP contribution in [0.5, 0.6) is 0 Å². The lowest BCUT2D eigenvalue weighted by Crippen LogP contribution is -2.31. The number of benzene rings is 4. The lowest BCUT2D eigenvalue weighted by Gasteiger charge is -2.23. The van der Waals surface area contributed by atoms with Gasteiger partial charge in [0, 0.05) is 19.3 Å². The molecular formula is C31H27N3O. The molecule has 1 N–H and O–H groups in total. The number of nitrogens with zero attached hydrogens (tertiary/aromatic N) is 2. The number of nitrogens with one attached hydrogen (secondary N) is 1. The average Bonchev–Trinajstić information content (AvgIpc) is 2.92. The van der Waals surface area contributed by atoms with E-state index in [0.717, 1.165) is 22.3 Å². The molecule has 0 atom stereocenters. The van der Waals surface area contributed by atoms with E-state index in [1.54, 1.807) is 6.20 Å².